The monoisotopic (exact) mass is 467 g/mol. The Balaban J connectivity index is 0.00000192. The number of benzene rings is 1. The van der Waals surface area contributed by atoms with Crippen LogP contribution in [-0.4, -0.2) is 43.6 Å². The fraction of sp³-hybridized carbons (Fsp3) is 0.562. The van der Waals surface area contributed by atoms with Crippen LogP contribution in [0, 0.1) is 0 Å². The van der Waals surface area contributed by atoms with Crippen molar-refractivity contribution in [3.63, 3.8) is 0 Å². The smallest absolute Gasteiger partial charge is 0.191 e. The maximum Gasteiger partial charge on any atom is 0.191 e. The maximum absolute atomic E-state index is 5.89. The number of halogens is 2. The average Bonchev–Trinajstić information content (AvgIpc) is 3.14. The number of aliphatic imine (C=N–C) groups is 1. The fourth-order valence-corrected chi connectivity index (χ4v) is 3.92. The molecule has 1 aromatic rings. The van der Waals surface area contributed by atoms with Crippen molar-refractivity contribution >= 4 is 53.3 Å². The molecule has 128 valence electrons. The molecule has 0 aliphatic carbocycles. The summed E-state index contributed by atoms with van der Waals surface area (Å²) in [4.78, 5) is 5.54. The highest BCUT2D eigenvalue weighted by Gasteiger charge is 2.41. The molecular formula is C16H23ClIN3OS. The minimum Gasteiger partial charge on any atom is -0.373 e. The van der Waals surface area contributed by atoms with E-state index in [9.17, 15) is 0 Å². The molecule has 2 aliphatic heterocycles. The van der Waals surface area contributed by atoms with Crippen molar-refractivity contribution in [2.45, 2.75) is 42.4 Å². The van der Waals surface area contributed by atoms with Crippen molar-refractivity contribution in [1.29, 1.82) is 0 Å². The van der Waals surface area contributed by atoms with Gasteiger partial charge in [-0.25, -0.2) is 0 Å². The van der Waals surface area contributed by atoms with E-state index in [4.69, 9.17) is 16.3 Å². The molecule has 0 radical (unpaired) electrons. The van der Waals surface area contributed by atoms with Crippen LogP contribution in [-0.2, 0) is 4.74 Å². The summed E-state index contributed by atoms with van der Waals surface area (Å²) in [6.07, 6.45) is 4.32. The van der Waals surface area contributed by atoms with Gasteiger partial charge >= 0.3 is 0 Å². The lowest BCUT2D eigenvalue weighted by atomic mass is 9.96. The van der Waals surface area contributed by atoms with Crippen molar-refractivity contribution in [2.75, 3.05) is 19.3 Å². The lowest BCUT2D eigenvalue weighted by molar-refractivity contribution is 0.0992. The zero-order valence-corrected chi connectivity index (χ0v) is 17.0. The molecule has 2 bridgehead atoms. The molecule has 0 amide bonds. The van der Waals surface area contributed by atoms with E-state index in [-0.39, 0.29) is 24.0 Å². The Morgan fingerprint density at radius 2 is 2.13 bits per heavy atom. The van der Waals surface area contributed by atoms with Crippen LogP contribution in [0.1, 0.15) is 19.3 Å². The van der Waals surface area contributed by atoms with Gasteiger partial charge in [-0.1, -0.05) is 11.6 Å². The van der Waals surface area contributed by atoms with Crippen molar-refractivity contribution in [1.82, 2.24) is 10.6 Å². The Morgan fingerprint density at radius 3 is 2.74 bits per heavy atom. The third kappa shape index (κ3) is 5.41. The summed E-state index contributed by atoms with van der Waals surface area (Å²) in [7, 11) is 1.82. The highest BCUT2D eigenvalue weighted by molar-refractivity contribution is 14.0. The summed E-state index contributed by atoms with van der Waals surface area (Å²) >= 11 is 7.69. The van der Waals surface area contributed by atoms with E-state index in [2.05, 4.69) is 15.6 Å². The first-order valence-electron chi connectivity index (χ1n) is 7.75. The molecule has 2 heterocycles. The Hall–Kier alpha value is -0.180. The van der Waals surface area contributed by atoms with Crippen LogP contribution in [0.15, 0.2) is 34.2 Å². The first kappa shape index (κ1) is 19.1. The predicted octanol–water partition coefficient (Wildman–Crippen LogP) is 3.54. The number of fused-ring (bicyclic) bond motifs is 2. The molecule has 0 aromatic heterocycles. The van der Waals surface area contributed by atoms with Gasteiger partial charge < -0.3 is 15.4 Å². The van der Waals surface area contributed by atoms with Crippen molar-refractivity contribution in [2.24, 2.45) is 4.99 Å². The number of ether oxygens (including phenoxy) is 1. The number of hydrogen-bond donors (Lipinski definition) is 2. The zero-order valence-electron chi connectivity index (χ0n) is 13.1. The standard InChI is InChI=1S/C16H22ClN3OS.HI/c1-18-16(20-14-10-12-4-7-15(14)21-12)19-8-9-22-13-5-2-11(17)3-6-13;/h2-3,5-6,12,14-15H,4,7-10H2,1H3,(H2,18,19,20);1H. The first-order chi connectivity index (χ1) is 10.7. The van der Waals surface area contributed by atoms with E-state index < -0.39 is 0 Å². The fourth-order valence-electron chi connectivity index (χ4n) is 3.03. The highest BCUT2D eigenvalue weighted by atomic mass is 127. The maximum atomic E-state index is 5.89. The van der Waals surface area contributed by atoms with Crippen molar-refractivity contribution < 1.29 is 4.74 Å². The van der Waals surface area contributed by atoms with Gasteiger partial charge in [-0.15, -0.1) is 35.7 Å². The summed E-state index contributed by atoms with van der Waals surface area (Å²) in [6.45, 7) is 0.870. The number of hydrogen-bond acceptors (Lipinski definition) is 3. The van der Waals surface area contributed by atoms with Gasteiger partial charge in [-0.2, -0.15) is 0 Å². The molecule has 0 spiro atoms. The van der Waals surface area contributed by atoms with Crippen LogP contribution < -0.4 is 10.6 Å². The van der Waals surface area contributed by atoms with E-state index in [1.54, 1.807) is 0 Å². The SMILES string of the molecule is CN=C(NCCSc1ccc(Cl)cc1)NC1CC2CCC1O2.I. The van der Waals surface area contributed by atoms with Gasteiger partial charge in [0.25, 0.3) is 0 Å². The lowest BCUT2D eigenvalue weighted by Gasteiger charge is -2.22. The molecular weight excluding hydrogens is 445 g/mol. The number of rotatable bonds is 5. The van der Waals surface area contributed by atoms with Crippen LogP contribution in [0.5, 0.6) is 0 Å². The normalized spacial score (nSPS) is 26.0. The molecule has 7 heteroatoms. The van der Waals surface area contributed by atoms with Gasteiger partial charge in [0.15, 0.2) is 5.96 Å². The minimum absolute atomic E-state index is 0. The van der Waals surface area contributed by atoms with Crippen LogP contribution in [0.4, 0.5) is 0 Å². The highest BCUT2D eigenvalue weighted by Crippen LogP contribution is 2.34. The molecule has 2 N–H and O–H groups in total. The topological polar surface area (TPSA) is 45.7 Å². The second-order valence-electron chi connectivity index (χ2n) is 5.66. The summed E-state index contributed by atoms with van der Waals surface area (Å²) < 4.78 is 5.86. The molecule has 2 fully saturated rings. The van der Waals surface area contributed by atoms with Crippen molar-refractivity contribution in [3.05, 3.63) is 29.3 Å². The van der Waals surface area contributed by atoms with Crippen LogP contribution >= 0.6 is 47.3 Å². The second kappa shape index (κ2) is 9.34. The quantitative estimate of drug-likeness (QED) is 0.229. The van der Waals surface area contributed by atoms with Crippen LogP contribution in [0.2, 0.25) is 5.02 Å². The molecule has 0 saturated carbocycles. The third-order valence-corrected chi connectivity index (χ3v) is 5.39. The van der Waals surface area contributed by atoms with E-state index in [0.717, 1.165) is 29.7 Å². The van der Waals surface area contributed by atoms with Gasteiger partial charge in [0.05, 0.1) is 18.2 Å². The van der Waals surface area contributed by atoms with Gasteiger partial charge in [0, 0.05) is 29.3 Å². The van der Waals surface area contributed by atoms with Gasteiger partial charge in [-0.05, 0) is 43.5 Å². The van der Waals surface area contributed by atoms with E-state index in [1.807, 2.05) is 43.1 Å². The van der Waals surface area contributed by atoms with Gasteiger partial charge in [0.1, 0.15) is 0 Å². The van der Waals surface area contributed by atoms with E-state index in [1.165, 1.54) is 17.7 Å². The molecule has 2 saturated heterocycles. The summed E-state index contributed by atoms with van der Waals surface area (Å²) in [5.41, 5.74) is 0. The summed E-state index contributed by atoms with van der Waals surface area (Å²) in [5.74, 6) is 1.85. The van der Waals surface area contributed by atoms with Crippen LogP contribution in [0.25, 0.3) is 0 Å². The molecule has 1 aromatic carbocycles. The zero-order chi connectivity index (χ0) is 15.4. The number of nitrogens with zero attached hydrogens (tertiary/aromatic N) is 1. The Morgan fingerprint density at radius 1 is 1.35 bits per heavy atom. The second-order valence-corrected chi connectivity index (χ2v) is 7.27. The predicted molar refractivity (Wildman–Crippen MR) is 108 cm³/mol. The number of nitrogens with one attached hydrogen (secondary N) is 2. The Bertz CT molecular complexity index is 529. The molecule has 2 aliphatic rings. The lowest BCUT2D eigenvalue weighted by Crippen LogP contribution is -2.47. The Labute approximate surface area is 164 Å². The molecule has 3 atom stereocenters. The Kier molecular flexibility index (Phi) is 7.78. The molecule has 3 unspecified atom stereocenters. The molecule has 3 rings (SSSR count). The summed E-state index contributed by atoms with van der Waals surface area (Å²) in [6, 6.07) is 8.35. The molecule has 23 heavy (non-hydrogen) atoms. The molecule has 4 nitrogen and oxygen atoms in total. The minimum atomic E-state index is 0. The summed E-state index contributed by atoms with van der Waals surface area (Å²) in [5, 5.41) is 7.64. The number of guanidine groups is 1. The van der Waals surface area contributed by atoms with Crippen LogP contribution in [0.3, 0.4) is 0 Å². The largest absolute Gasteiger partial charge is 0.373 e. The van der Waals surface area contributed by atoms with E-state index >= 15 is 0 Å². The first-order valence-corrected chi connectivity index (χ1v) is 9.12. The third-order valence-electron chi connectivity index (χ3n) is 4.13. The number of thioether (sulfide) groups is 1. The van der Waals surface area contributed by atoms with Gasteiger partial charge in [-0.3, -0.25) is 4.99 Å². The van der Waals surface area contributed by atoms with E-state index in [0.29, 0.717) is 18.2 Å². The average molecular weight is 468 g/mol. The van der Waals surface area contributed by atoms with Crippen molar-refractivity contribution in [3.8, 4) is 0 Å². The van der Waals surface area contributed by atoms with Gasteiger partial charge in [0.2, 0.25) is 0 Å².